The number of rotatable bonds is 10. The van der Waals surface area contributed by atoms with Gasteiger partial charge in [-0.1, -0.05) is 103 Å². The minimum atomic E-state index is -0.0272. The normalized spacial score (nSPS) is 14.1. The predicted octanol–water partition coefficient (Wildman–Crippen LogP) is 6.33. The second kappa shape index (κ2) is 12.9. The molecule has 7 heteroatoms. The van der Waals surface area contributed by atoms with Gasteiger partial charge in [-0.3, -0.25) is 4.79 Å². The van der Waals surface area contributed by atoms with Crippen molar-refractivity contribution in [3.63, 3.8) is 0 Å². The van der Waals surface area contributed by atoms with E-state index in [1.54, 1.807) is 0 Å². The van der Waals surface area contributed by atoms with Gasteiger partial charge in [0, 0.05) is 31.6 Å². The van der Waals surface area contributed by atoms with Crippen molar-refractivity contribution >= 4 is 35.1 Å². The van der Waals surface area contributed by atoms with Crippen molar-refractivity contribution in [1.29, 1.82) is 0 Å². The summed E-state index contributed by atoms with van der Waals surface area (Å²) in [4.78, 5) is 23.8. The molecule has 0 aliphatic heterocycles. The fraction of sp³-hybridized carbons (Fsp3) is 0.393. The van der Waals surface area contributed by atoms with E-state index in [9.17, 15) is 4.79 Å². The quantitative estimate of drug-likeness (QED) is 0.197. The first-order chi connectivity index (χ1) is 17.1. The molecule has 184 valence electrons. The fourth-order valence-corrected chi connectivity index (χ4v) is 5.63. The maximum atomic E-state index is 12.6. The number of amides is 1. The molecule has 1 fully saturated rings. The Morgan fingerprint density at radius 1 is 1.03 bits per heavy atom. The van der Waals surface area contributed by atoms with Crippen LogP contribution in [-0.4, -0.2) is 41.3 Å². The highest BCUT2D eigenvalue weighted by Gasteiger charge is 2.20. The molecule has 35 heavy (non-hydrogen) atoms. The molecule has 1 aliphatic carbocycles. The minimum Gasteiger partial charge on any atom is -0.357 e. The Morgan fingerprint density at radius 2 is 1.66 bits per heavy atom. The molecule has 0 radical (unpaired) electrons. The van der Waals surface area contributed by atoms with Crippen LogP contribution in [-0.2, 0) is 4.79 Å². The van der Waals surface area contributed by atoms with Gasteiger partial charge in [-0.2, -0.15) is 0 Å². The summed E-state index contributed by atoms with van der Waals surface area (Å²) in [5.74, 6) is 1.29. The number of halogens is 1. The molecule has 1 aromatic heterocycles. The highest BCUT2D eigenvalue weighted by molar-refractivity contribution is 7.99. The zero-order valence-corrected chi connectivity index (χ0v) is 21.8. The summed E-state index contributed by atoms with van der Waals surface area (Å²) in [6.07, 6.45) is 7.00. The summed E-state index contributed by atoms with van der Waals surface area (Å²) in [5.41, 5.74) is 2.51. The second-order valence-electron chi connectivity index (χ2n) is 9.04. The summed E-state index contributed by atoms with van der Waals surface area (Å²) in [7, 11) is 2.08. The van der Waals surface area contributed by atoms with E-state index in [0.29, 0.717) is 22.9 Å². The highest BCUT2D eigenvalue weighted by atomic mass is 35.5. The van der Waals surface area contributed by atoms with Gasteiger partial charge in [-0.05, 0) is 30.4 Å². The maximum absolute atomic E-state index is 12.6. The van der Waals surface area contributed by atoms with Crippen LogP contribution in [0, 0.1) is 0 Å². The van der Waals surface area contributed by atoms with E-state index >= 15 is 0 Å². The third kappa shape index (κ3) is 7.45. The molecule has 0 unspecified atom stereocenters. The summed E-state index contributed by atoms with van der Waals surface area (Å²) in [6, 6.07) is 23.2. The molecule has 1 saturated carbocycles. The van der Waals surface area contributed by atoms with Crippen molar-refractivity contribution in [2.45, 2.75) is 55.6 Å². The first kappa shape index (κ1) is 25.5. The van der Waals surface area contributed by atoms with Crippen LogP contribution in [0.25, 0.3) is 0 Å². The number of anilines is 1. The lowest BCUT2D eigenvalue weighted by Crippen LogP contribution is -2.34. The number of aromatic nitrogens is 2. The molecule has 1 amide bonds. The Hall–Kier alpha value is -2.57. The average Bonchev–Trinajstić information content (AvgIpc) is 2.91. The SMILES string of the molecule is CN(c1cc(Cl)nc(SCC(=O)NCCC(c2ccccc2)c2ccccc2)n1)C1CCCCC1. The Bertz CT molecular complexity index is 1040. The van der Waals surface area contributed by atoms with Gasteiger partial charge < -0.3 is 10.2 Å². The molecule has 5 nitrogen and oxygen atoms in total. The van der Waals surface area contributed by atoms with Crippen LogP contribution in [0.5, 0.6) is 0 Å². The molecular formula is C28H33ClN4OS. The minimum absolute atomic E-state index is 0.0272. The third-order valence-electron chi connectivity index (χ3n) is 6.64. The zero-order chi connectivity index (χ0) is 24.5. The second-order valence-corrected chi connectivity index (χ2v) is 10.4. The smallest absolute Gasteiger partial charge is 0.230 e. The summed E-state index contributed by atoms with van der Waals surface area (Å²) < 4.78 is 0. The molecule has 0 atom stereocenters. The fourth-order valence-electron chi connectivity index (χ4n) is 4.72. The van der Waals surface area contributed by atoms with E-state index in [1.807, 2.05) is 18.2 Å². The van der Waals surface area contributed by atoms with Crippen molar-refractivity contribution < 1.29 is 4.79 Å². The molecule has 2 aromatic carbocycles. The van der Waals surface area contributed by atoms with Gasteiger partial charge in [0.15, 0.2) is 5.16 Å². The molecule has 1 heterocycles. The molecule has 1 aliphatic rings. The summed E-state index contributed by atoms with van der Waals surface area (Å²) in [6.45, 7) is 0.597. The number of hydrogen-bond acceptors (Lipinski definition) is 5. The van der Waals surface area contributed by atoms with Gasteiger partial charge in [0.05, 0.1) is 5.75 Å². The van der Waals surface area contributed by atoms with Crippen LogP contribution >= 0.6 is 23.4 Å². The van der Waals surface area contributed by atoms with Crippen molar-refractivity contribution in [3.05, 3.63) is 83.0 Å². The van der Waals surface area contributed by atoms with Crippen LogP contribution in [0.15, 0.2) is 71.9 Å². The number of hydrogen-bond donors (Lipinski definition) is 1. The number of thioether (sulfide) groups is 1. The lowest BCUT2D eigenvalue weighted by atomic mass is 9.88. The van der Waals surface area contributed by atoms with Gasteiger partial charge in [-0.15, -0.1) is 0 Å². The van der Waals surface area contributed by atoms with E-state index < -0.39 is 0 Å². The van der Waals surface area contributed by atoms with Crippen LogP contribution in [0.1, 0.15) is 55.6 Å². The third-order valence-corrected chi connectivity index (χ3v) is 7.68. The predicted molar refractivity (Wildman–Crippen MR) is 145 cm³/mol. The van der Waals surface area contributed by atoms with Crippen LogP contribution in [0.4, 0.5) is 5.82 Å². The molecule has 1 N–H and O–H groups in total. The largest absolute Gasteiger partial charge is 0.357 e. The monoisotopic (exact) mass is 508 g/mol. The summed E-state index contributed by atoms with van der Waals surface area (Å²) in [5, 5.41) is 4.02. The number of benzene rings is 2. The van der Waals surface area contributed by atoms with Crippen molar-refractivity contribution in [2.24, 2.45) is 0 Å². The average molecular weight is 509 g/mol. The Kier molecular flexibility index (Phi) is 9.43. The lowest BCUT2D eigenvalue weighted by molar-refractivity contribution is -0.118. The first-order valence-corrected chi connectivity index (χ1v) is 13.7. The standard InChI is InChI=1S/C28H33ClN4OS/c1-33(23-15-9-4-10-16-23)26-19-25(29)31-28(32-26)35-20-27(34)30-18-17-24(21-11-5-2-6-12-21)22-13-7-3-8-14-22/h2-3,5-8,11-14,19,23-24H,4,9-10,15-18,20H2,1H3,(H,30,34). The highest BCUT2D eigenvalue weighted by Crippen LogP contribution is 2.29. The Labute approximate surface area is 217 Å². The number of carbonyl (C=O) groups excluding carboxylic acids is 1. The van der Waals surface area contributed by atoms with E-state index in [-0.39, 0.29) is 17.6 Å². The molecule has 0 saturated heterocycles. The molecule has 0 spiro atoms. The van der Waals surface area contributed by atoms with Gasteiger partial charge in [0.25, 0.3) is 0 Å². The molecule has 4 rings (SSSR count). The van der Waals surface area contributed by atoms with Gasteiger partial charge in [0.1, 0.15) is 11.0 Å². The van der Waals surface area contributed by atoms with Crippen LogP contribution in [0.3, 0.4) is 0 Å². The van der Waals surface area contributed by atoms with E-state index in [4.69, 9.17) is 11.6 Å². The van der Waals surface area contributed by atoms with Gasteiger partial charge >= 0.3 is 0 Å². The van der Waals surface area contributed by atoms with Crippen LogP contribution in [0.2, 0.25) is 5.15 Å². The number of nitrogens with zero attached hydrogens (tertiary/aromatic N) is 3. The topological polar surface area (TPSA) is 58.1 Å². The molecular weight excluding hydrogens is 476 g/mol. The Morgan fingerprint density at radius 3 is 2.29 bits per heavy atom. The zero-order valence-electron chi connectivity index (χ0n) is 20.2. The van der Waals surface area contributed by atoms with Crippen molar-refractivity contribution in [1.82, 2.24) is 15.3 Å². The molecule has 3 aromatic rings. The van der Waals surface area contributed by atoms with Crippen molar-refractivity contribution in [2.75, 3.05) is 24.2 Å². The van der Waals surface area contributed by atoms with E-state index in [2.05, 4.69) is 75.8 Å². The maximum Gasteiger partial charge on any atom is 0.230 e. The number of nitrogens with one attached hydrogen (secondary N) is 1. The lowest BCUT2D eigenvalue weighted by Gasteiger charge is -2.32. The van der Waals surface area contributed by atoms with Gasteiger partial charge in [0.2, 0.25) is 5.91 Å². The van der Waals surface area contributed by atoms with Gasteiger partial charge in [-0.25, -0.2) is 9.97 Å². The van der Waals surface area contributed by atoms with Crippen LogP contribution < -0.4 is 10.2 Å². The van der Waals surface area contributed by atoms with E-state index in [1.165, 1.54) is 55.0 Å². The van der Waals surface area contributed by atoms with E-state index in [0.717, 1.165) is 12.2 Å². The Balaban J connectivity index is 1.30. The number of carbonyl (C=O) groups is 1. The van der Waals surface area contributed by atoms with Crippen molar-refractivity contribution in [3.8, 4) is 0 Å². The summed E-state index contributed by atoms with van der Waals surface area (Å²) >= 11 is 7.62. The first-order valence-electron chi connectivity index (χ1n) is 12.4. The molecule has 0 bridgehead atoms.